The summed E-state index contributed by atoms with van der Waals surface area (Å²) < 4.78 is 32.0. The molecule has 18 heavy (non-hydrogen) atoms. The summed E-state index contributed by atoms with van der Waals surface area (Å²) in [4.78, 5) is 0. The lowest BCUT2D eigenvalue weighted by atomic mass is 9.99. The van der Waals surface area contributed by atoms with Gasteiger partial charge in [0.15, 0.2) is 11.6 Å². The summed E-state index contributed by atoms with van der Waals surface area (Å²) in [7, 11) is 0. The minimum Gasteiger partial charge on any atom is -0.378 e. The van der Waals surface area contributed by atoms with Crippen molar-refractivity contribution in [1.82, 2.24) is 0 Å². The highest BCUT2D eigenvalue weighted by atomic mass is 19.2. The lowest BCUT2D eigenvalue weighted by molar-refractivity contribution is 0.101. The van der Waals surface area contributed by atoms with Gasteiger partial charge in [0.2, 0.25) is 0 Å². The van der Waals surface area contributed by atoms with Gasteiger partial charge in [0.05, 0.1) is 6.10 Å². The van der Waals surface area contributed by atoms with E-state index in [-0.39, 0.29) is 6.04 Å². The van der Waals surface area contributed by atoms with Crippen LogP contribution < -0.4 is 5.73 Å². The molecule has 1 aliphatic heterocycles. The van der Waals surface area contributed by atoms with Gasteiger partial charge in [0, 0.05) is 12.6 Å². The fraction of sp³-hybridized carbons (Fsp3) is 0.571. The average Bonchev–Trinajstić information content (AvgIpc) is 2.86. The molecule has 0 bridgehead atoms. The van der Waals surface area contributed by atoms with Crippen LogP contribution in [-0.4, -0.2) is 18.8 Å². The number of benzene rings is 1. The van der Waals surface area contributed by atoms with Crippen LogP contribution in [0, 0.1) is 11.6 Å². The van der Waals surface area contributed by atoms with Gasteiger partial charge in [-0.25, -0.2) is 8.78 Å². The molecule has 4 heteroatoms. The van der Waals surface area contributed by atoms with E-state index in [1.54, 1.807) is 6.07 Å². The fourth-order valence-corrected chi connectivity index (χ4v) is 2.36. The van der Waals surface area contributed by atoms with Crippen LogP contribution >= 0.6 is 0 Å². The lowest BCUT2D eigenvalue weighted by Gasteiger charge is -2.15. The Labute approximate surface area is 106 Å². The molecule has 0 spiro atoms. The van der Waals surface area contributed by atoms with Crippen molar-refractivity contribution in [2.24, 2.45) is 5.73 Å². The van der Waals surface area contributed by atoms with Crippen LogP contribution in [-0.2, 0) is 11.2 Å². The number of nitrogens with two attached hydrogens (primary N) is 1. The predicted octanol–water partition coefficient (Wildman–Crippen LogP) is 2.79. The largest absolute Gasteiger partial charge is 0.378 e. The van der Waals surface area contributed by atoms with Crippen molar-refractivity contribution in [2.75, 3.05) is 6.61 Å². The molecule has 100 valence electrons. The fourth-order valence-electron chi connectivity index (χ4n) is 2.36. The van der Waals surface area contributed by atoms with E-state index in [0.29, 0.717) is 18.1 Å². The second-order valence-electron chi connectivity index (χ2n) is 4.89. The SMILES string of the molecule is NC(CCC1CCCO1)Cc1cccc(F)c1F. The quantitative estimate of drug-likeness (QED) is 0.878. The van der Waals surface area contributed by atoms with Crippen molar-refractivity contribution in [1.29, 1.82) is 0 Å². The maximum atomic E-state index is 13.4. The molecule has 2 N–H and O–H groups in total. The smallest absolute Gasteiger partial charge is 0.162 e. The highest BCUT2D eigenvalue weighted by Crippen LogP contribution is 2.19. The zero-order valence-corrected chi connectivity index (χ0v) is 10.4. The summed E-state index contributed by atoms with van der Waals surface area (Å²) >= 11 is 0. The normalized spacial score (nSPS) is 21.2. The van der Waals surface area contributed by atoms with Gasteiger partial charge in [-0.2, -0.15) is 0 Å². The van der Waals surface area contributed by atoms with Crippen molar-refractivity contribution in [3.63, 3.8) is 0 Å². The maximum Gasteiger partial charge on any atom is 0.162 e. The van der Waals surface area contributed by atoms with Crippen LogP contribution in [0.4, 0.5) is 8.78 Å². The monoisotopic (exact) mass is 255 g/mol. The number of hydrogen-bond acceptors (Lipinski definition) is 2. The van der Waals surface area contributed by atoms with Crippen LogP contribution in [0.15, 0.2) is 18.2 Å². The van der Waals surface area contributed by atoms with Gasteiger partial charge in [0.1, 0.15) is 0 Å². The minimum atomic E-state index is -0.807. The third-order valence-corrected chi connectivity index (χ3v) is 3.40. The average molecular weight is 255 g/mol. The maximum absolute atomic E-state index is 13.4. The Morgan fingerprint density at radius 2 is 2.22 bits per heavy atom. The van der Waals surface area contributed by atoms with Crippen LogP contribution in [0.5, 0.6) is 0 Å². The van der Waals surface area contributed by atoms with Crippen LogP contribution in [0.3, 0.4) is 0 Å². The molecular weight excluding hydrogens is 236 g/mol. The topological polar surface area (TPSA) is 35.2 Å². The molecule has 1 aliphatic rings. The van der Waals surface area contributed by atoms with Crippen LogP contribution in [0.25, 0.3) is 0 Å². The van der Waals surface area contributed by atoms with Gasteiger partial charge in [0.25, 0.3) is 0 Å². The molecule has 1 aromatic carbocycles. The molecule has 1 aromatic rings. The first-order valence-corrected chi connectivity index (χ1v) is 6.47. The zero-order valence-electron chi connectivity index (χ0n) is 10.4. The molecule has 2 unspecified atom stereocenters. The number of rotatable bonds is 5. The Morgan fingerprint density at radius 3 is 2.94 bits per heavy atom. The zero-order chi connectivity index (χ0) is 13.0. The van der Waals surface area contributed by atoms with E-state index in [4.69, 9.17) is 10.5 Å². The highest BCUT2D eigenvalue weighted by molar-refractivity contribution is 5.19. The second kappa shape index (κ2) is 6.25. The minimum absolute atomic E-state index is 0.148. The van der Waals surface area contributed by atoms with Gasteiger partial charge < -0.3 is 10.5 Å². The molecule has 0 amide bonds. The first-order chi connectivity index (χ1) is 8.66. The summed E-state index contributed by atoms with van der Waals surface area (Å²) in [5.74, 6) is -1.58. The number of halogens is 2. The van der Waals surface area contributed by atoms with Gasteiger partial charge in [-0.05, 0) is 43.7 Å². The summed E-state index contributed by atoms with van der Waals surface area (Å²) in [6, 6.07) is 4.08. The van der Waals surface area contributed by atoms with Crippen molar-refractivity contribution in [3.05, 3.63) is 35.4 Å². The molecule has 2 atom stereocenters. The molecule has 0 radical (unpaired) electrons. The van der Waals surface area contributed by atoms with Gasteiger partial charge in [-0.3, -0.25) is 0 Å². The standard InChI is InChI=1S/C14H19F2NO/c15-13-5-1-3-10(14(13)16)9-11(17)6-7-12-4-2-8-18-12/h1,3,5,11-12H,2,4,6-9,17H2. The Kier molecular flexibility index (Phi) is 4.66. The Bertz CT molecular complexity index is 391. The third-order valence-electron chi connectivity index (χ3n) is 3.40. The van der Waals surface area contributed by atoms with E-state index in [0.717, 1.165) is 38.4 Å². The Morgan fingerprint density at radius 1 is 1.39 bits per heavy atom. The Hall–Kier alpha value is -1.00. The van der Waals surface area contributed by atoms with Crippen molar-refractivity contribution in [3.8, 4) is 0 Å². The summed E-state index contributed by atoms with van der Waals surface area (Å²) in [6.45, 7) is 0.832. The Balaban J connectivity index is 1.82. The van der Waals surface area contributed by atoms with Gasteiger partial charge in [-0.1, -0.05) is 12.1 Å². The summed E-state index contributed by atoms with van der Waals surface area (Å²) in [5.41, 5.74) is 6.31. The van der Waals surface area contributed by atoms with E-state index in [1.165, 1.54) is 6.07 Å². The first kappa shape index (κ1) is 13.4. The molecule has 0 saturated carbocycles. The first-order valence-electron chi connectivity index (χ1n) is 6.47. The van der Waals surface area contributed by atoms with E-state index in [2.05, 4.69) is 0 Å². The molecule has 1 fully saturated rings. The number of ether oxygens (including phenoxy) is 1. The van der Waals surface area contributed by atoms with Crippen LogP contribution in [0.2, 0.25) is 0 Å². The van der Waals surface area contributed by atoms with Crippen molar-refractivity contribution >= 4 is 0 Å². The van der Waals surface area contributed by atoms with Crippen molar-refractivity contribution in [2.45, 2.75) is 44.2 Å². The molecule has 2 rings (SSSR count). The van der Waals surface area contributed by atoms with E-state index < -0.39 is 11.6 Å². The second-order valence-corrected chi connectivity index (χ2v) is 4.89. The molecule has 1 saturated heterocycles. The van der Waals surface area contributed by atoms with E-state index in [9.17, 15) is 8.78 Å². The number of hydrogen-bond donors (Lipinski definition) is 1. The molecule has 0 aliphatic carbocycles. The molecule has 1 heterocycles. The van der Waals surface area contributed by atoms with Crippen molar-refractivity contribution < 1.29 is 13.5 Å². The van der Waals surface area contributed by atoms with Crippen LogP contribution in [0.1, 0.15) is 31.2 Å². The highest BCUT2D eigenvalue weighted by Gasteiger charge is 2.17. The molecule has 2 nitrogen and oxygen atoms in total. The third kappa shape index (κ3) is 3.50. The van der Waals surface area contributed by atoms with E-state index >= 15 is 0 Å². The van der Waals surface area contributed by atoms with Gasteiger partial charge in [-0.15, -0.1) is 0 Å². The molecular formula is C14H19F2NO. The van der Waals surface area contributed by atoms with E-state index in [1.807, 2.05) is 0 Å². The lowest BCUT2D eigenvalue weighted by Crippen LogP contribution is -2.25. The molecule has 0 aromatic heterocycles. The summed E-state index contributed by atoms with van der Waals surface area (Å²) in [5, 5.41) is 0. The predicted molar refractivity (Wildman–Crippen MR) is 66.2 cm³/mol. The summed E-state index contributed by atoms with van der Waals surface area (Å²) in [6.07, 6.45) is 4.54. The van der Waals surface area contributed by atoms with Gasteiger partial charge >= 0.3 is 0 Å².